The molecule has 0 radical (unpaired) electrons. The SMILES string of the molecule is Cc1cc(CNS(=O)(=O)CC2CCNCC2)on1. The first kappa shape index (κ1) is 13.5. The van der Waals surface area contributed by atoms with Crippen LogP contribution in [0.4, 0.5) is 0 Å². The van der Waals surface area contributed by atoms with Crippen LogP contribution in [0.1, 0.15) is 24.3 Å². The molecular weight excluding hydrogens is 254 g/mol. The number of nitrogens with one attached hydrogen (secondary N) is 2. The molecule has 0 amide bonds. The Morgan fingerprint density at radius 2 is 2.22 bits per heavy atom. The van der Waals surface area contributed by atoms with Gasteiger partial charge in [-0.2, -0.15) is 0 Å². The first-order valence-corrected chi connectivity index (χ1v) is 7.81. The van der Waals surface area contributed by atoms with Crippen LogP contribution in [0.15, 0.2) is 10.6 Å². The maximum absolute atomic E-state index is 11.9. The molecule has 2 N–H and O–H groups in total. The molecular formula is C11H19N3O3S. The van der Waals surface area contributed by atoms with Crippen LogP contribution in [0.2, 0.25) is 0 Å². The molecule has 0 spiro atoms. The lowest BCUT2D eigenvalue weighted by Crippen LogP contribution is -2.35. The van der Waals surface area contributed by atoms with Crippen molar-refractivity contribution in [2.45, 2.75) is 26.3 Å². The van der Waals surface area contributed by atoms with Crippen LogP contribution in [-0.4, -0.2) is 32.4 Å². The van der Waals surface area contributed by atoms with E-state index in [4.69, 9.17) is 4.52 Å². The molecule has 1 fully saturated rings. The third-order valence-electron chi connectivity index (χ3n) is 3.06. The van der Waals surface area contributed by atoms with Crippen LogP contribution < -0.4 is 10.0 Å². The summed E-state index contributed by atoms with van der Waals surface area (Å²) >= 11 is 0. The lowest BCUT2D eigenvalue weighted by atomic mass is 10.0. The zero-order valence-electron chi connectivity index (χ0n) is 10.5. The molecule has 6 nitrogen and oxygen atoms in total. The van der Waals surface area contributed by atoms with Gasteiger partial charge in [-0.25, -0.2) is 13.1 Å². The summed E-state index contributed by atoms with van der Waals surface area (Å²) in [5.41, 5.74) is 0.752. The Balaban J connectivity index is 1.83. The monoisotopic (exact) mass is 273 g/mol. The van der Waals surface area contributed by atoms with Gasteiger partial charge in [-0.15, -0.1) is 0 Å². The van der Waals surface area contributed by atoms with Crippen molar-refractivity contribution in [1.82, 2.24) is 15.2 Å². The van der Waals surface area contributed by atoms with E-state index in [1.807, 2.05) is 0 Å². The molecule has 0 saturated carbocycles. The second-order valence-corrected chi connectivity index (χ2v) is 6.58. The highest BCUT2D eigenvalue weighted by molar-refractivity contribution is 7.89. The van der Waals surface area contributed by atoms with Gasteiger partial charge in [0.05, 0.1) is 18.0 Å². The highest BCUT2D eigenvalue weighted by Gasteiger charge is 2.21. The van der Waals surface area contributed by atoms with Crippen LogP contribution in [-0.2, 0) is 16.6 Å². The van der Waals surface area contributed by atoms with E-state index in [9.17, 15) is 8.42 Å². The number of hydrogen-bond acceptors (Lipinski definition) is 5. The van der Waals surface area contributed by atoms with Crippen molar-refractivity contribution in [2.75, 3.05) is 18.8 Å². The molecule has 1 saturated heterocycles. The predicted molar refractivity (Wildman–Crippen MR) is 67.5 cm³/mol. The number of hydrogen-bond donors (Lipinski definition) is 2. The second kappa shape index (κ2) is 5.81. The van der Waals surface area contributed by atoms with Gasteiger partial charge in [0.25, 0.3) is 0 Å². The van der Waals surface area contributed by atoms with Gasteiger partial charge in [-0.1, -0.05) is 5.16 Å². The molecule has 2 rings (SSSR count). The molecule has 2 heterocycles. The Labute approximate surface area is 107 Å². The van der Waals surface area contributed by atoms with E-state index >= 15 is 0 Å². The fourth-order valence-electron chi connectivity index (χ4n) is 2.10. The zero-order valence-corrected chi connectivity index (χ0v) is 11.3. The molecule has 18 heavy (non-hydrogen) atoms. The average molecular weight is 273 g/mol. The molecule has 7 heteroatoms. The molecule has 1 aliphatic rings. The third-order valence-corrected chi connectivity index (χ3v) is 4.55. The molecule has 1 aliphatic heterocycles. The second-order valence-electron chi connectivity index (χ2n) is 4.73. The lowest BCUT2D eigenvalue weighted by Gasteiger charge is -2.22. The summed E-state index contributed by atoms with van der Waals surface area (Å²) in [7, 11) is -3.24. The maximum atomic E-state index is 11.9. The van der Waals surface area contributed by atoms with Gasteiger partial charge >= 0.3 is 0 Å². The Bertz CT molecular complexity index is 477. The number of rotatable bonds is 5. The topological polar surface area (TPSA) is 84.2 Å². The van der Waals surface area contributed by atoms with Gasteiger partial charge in [-0.05, 0) is 38.8 Å². The summed E-state index contributed by atoms with van der Waals surface area (Å²) in [4.78, 5) is 0. The quantitative estimate of drug-likeness (QED) is 0.811. The third kappa shape index (κ3) is 4.08. The summed E-state index contributed by atoms with van der Waals surface area (Å²) in [5.74, 6) is 0.989. The maximum Gasteiger partial charge on any atom is 0.212 e. The van der Waals surface area contributed by atoms with Crippen molar-refractivity contribution < 1.29 is 12.9 Å². The van der Waals surface area contributed by atoms with E-state index < -0.39 is 10.0 Å². The summed E-state index contributed by atoms with van der Waals surface area (Å²) < 4.78 is 31.3. The number of aromatic nitrogens is 1. The Kier molecular flexibility index (Phi) is 4.36. The number of sulfonamides is 1. The van der Waals surface area contributed by atoms with Crippen molar-refractivity contribution in [3.63, 3.8) is 0 Å². The van der Waals surface area contributed by atoms with Gasteiger partial charge in [0.15, 0.2) is 5.76 Å². The molecule has 1 aromatic rings. The Morgan fingerprint density at radius 1 is 1.50 bits per heavy atom. The fraction of sp³-hybridized carbons (Fsp3) is 0.727. The normalized spacial score (nSPS) is 18.1. The zero-order chi connectivity index (χ0) is 13.0. The highest BCUT2D eigenvalue weighted by atomic mass is 32.2. The summed E-state index contributed by atoms with van der Waals surface area (Å²) in [6.45, 7) is 3.79. The van der Waals surface area contributed by atoms with Gasteiger partial charge in [0, 0.05) is 6.07 Å². The molecule has 0 aromatic carbocycles. The van der Waals surface area contributed by atoms with Crippen molar-refractivity contribution in [1.29, 1.82) is 0 Å². The molecule has 102 valence electrons. The number of nitrogens with zero attached hydrogens (tertiary/aromatic N) is 1. The molecule has 0 atom stereocenters. The largest absolute Gasteiger partial charge is 0.360 e. The Morgan fingerprint density at radius 3 is 2.83 bits per heavy atom. The highest BCUT2D eigenvalue weighted by Crippen LogP contribution is 2.14. The minimum atomic E-state index is -3.24. The first-order chi connectivity index (χ1) is 8.55. The van der Waals surface area contributed by atoms with E-state index in [0.29, 0.717) is 5.76 Å². The smallest absolute Gasteiger partial charge is 0.212 e. The van der Waals surface area contributed by atoms with Gasteiger partial charge < -0.3 is 9.84 Å². The summed E-state index contributed by atoms with van der Waals surface area (Å²) in [5, 5.41) is 6.94. The van der Waals surface area contributed by atoms with Crippen molar-refractivity contribution in [2.24, 2.45) is 5.92 Å². The number of piperidine rings is 1. The fourth-order valence-corrected chi connectivity index (χ4v) is 3.53. The lowest BCUT2D eigenvalue weighted by molar-refractivity contribution is 0.375. The van der Waals surface area contributed by atoms with E-state index in [2.05, 4.69) is 15.2 Å². The van der Waals surface area contributed by atoms with Crippen LogP contribution in [0, 0.1) is 12.8 Å². The van der Waals surface area contributed by atoms with Crippen molar-refractivity contribution in [3.8, 4) is 0 Å². The Hall–Kier alpha value is -0.920. The van der Waals surface area contributed by atoms with Crippen LogP contribution in [0.25, 0.3) is 0 Å². The van der Waals surface area contributed by atoms with Crippen LogP contribution >= 0.6 is 0 Å². The molecule has 1 aromatic heterocycles. The first-order valence-electron chi connectivity index (χ1n) is 6.15. The van der Waals surface area contributed by atoms with Gasteiger partial charge in [-0.3, -0.25) is 0 Å². The minimum absolute atomic E-state index is 0.175. The van der Waals surface area contributed by atoms with Crippen LogP contribution in [0.5, 0.6) is 0 Å². The van der Waals surface area contributed by atoms with E-state index in [0.717, 1.165) is 31.6 Å². The summed E-state index contributed by atoms with van der Waals surface area (Å²) in [6.07, 6.45) is 1.84. The van der Waals surface area contributed by atoms with Gasteiger partial charge in [0.2, 0.25) is 10.0 Å². The van der Waals surface area contributed by atoms with Gasteiger partial charge in [0.1, 0.15) is 0 Å². The standard InChI is InChI=1S/C11H19N3O3S/c1-9-6-11(17-14-9)7-13-18(15,16)8-10-2-4-12-5-3-10/h6,10,12-13H,2-5,7-8H2,1H3. The molecule has 0 aliphatic carbocycles. The molecule has 0 unspecified atom stereocenters. The predicted octanol–water partition coefficient (Wildman–Crippen LogP) is 0.402. The van der Waals surface area contributed by atoms with E-state index in [-0.39, 0.29) is 18.2 Å². The van der Waals surface area contributed by atoms with E-state index in [1.54, 1.807) is 13.0 Å². The number of aryl methyl sites for hydroxylation is 1. The van der Waals surface area contributed by atoms with Crippen molar-refractivity contribution >= 4 is 10.0 Å². The van der Waals surface area contributed by atoms with E-state index in [1.165, 1.54) is 0 Å². The summed E-state index contributed by atoms with van der Waals surface area (Å²) in [6, 6.07) is 1.73. The average Bonchev–Trinajstić information content (AvgIpc) is 2.74. The molecule has 0 bridgehead atoms. The minimum Gasteiger partial charge on any atom is -0.360 e. The van der Waals surface area contributed by atoms with Crippen molar-refractivity contribution in [3.05, 3.63) is 17.5 Å². The van der Waals surface area contributed by atoms with Crippen LogP contribution in [0.3, 0.4) is 0 Å².